The van der Waals surface area contributed by atoms with E-state index in [0.29, 0.717) is 22.2 Å². The molecule has 0 saturated heterocycles. The van der Waals surface area contributed by atoms with Gasteiger partial charge in [-0.1, -0.05) is 0 Å². The third-order valence-corrected chi connectivity index (χ3v) is 6.69. The van der Waals surface area contributed by atoms with Gasteiger partial charge in [-0.05, 0) is 50.0 Å². The van der Waals surface area contributed by atoms with Crippen LogP contribution in [0.25, 0.3) is 22.4 Å². The van der Waals surface area contributed by atoms with Crippen LogP contribution in [0.2, 0.25) is 0 Å². The van der Waals surface area contributed by atoms with Gasteiger partial charge in [0.05, 0.1) is 18.3 Å². The number of hydrogen-bond acceptors (Lipinski definition) is 5. The van der Waals surface area contributed by atoms with E-state index in [-0.39, 0.29) is 29.5 Å². The first-order valence-corrected chi connectivity index (χ1v) is 10.1. The van der Waals surface area contributed by atoms with Crippen molar-refractivity contribution in [2.24, 2.45) is 17.8 Å². The van der Waals surface area contributed by atoms with Gasteiger partial charge in [0, 0.05) is 23.2 Å². The number of nitrogens with one attached hydrogen (secondary N) is 2. The van der Waals surface area contributed by atoms with Crippen LogP contribution in [0.4, 0.5) is 14.6 Å². The zero-order valence-electron chi connectivity index (χ0n) is 16.3. The van der Waals surface area contributed by atoms with Gasteiger partial charge < -0.3 is 15.4 Å². The van der Waals surface area contributed by atoms with E-state index in [4.69, 9.17) is 0 Å². The molecule has 2 bridgehead atoms. The summed E-state index contributed by atoms with van der Waals surface area (Å²) in [6, 6.07) is -0.379. The van der Waals surface area contributed by atoms with Crippen LogP contribution in [0.3, 0.4) is 0 Å². The highest BCUT2D eigenvalue weighted by atomic mass is 19.1. The third kappa shape index (κ3) is 2.91. The number of rotatable bonds is 4. The van der Waals surface area contributed by atoms with Crippen molar-refractivity contribution in [1.82, 2.24) is 19.9 Å². The van der Waals surface area contributed by atoms with E-state index in [0.717, 1.165) is 38.1 Å². The van der Waals surface area contributed by atoms with Crippen LogP contribution in [0.15, 0.2) is 18.6 Å². The first kappa shape index (κ1) is 18.9. The Morgan fingerprint density at radius 2 is 1.83 bits per heavy atom. The molecule has 0 amide bonds. The van der Waals surface area contributed by atoms with Crippen LogP contribution in [0.1, 0.15) is 31.2 Å². The van der Waals surface area contributed by atoms with Gasteiger partial charge in [0.2, 0.25) is 0 Å². The fourth-order valence-corrected chi connectivity index (χ4v) is 5.18. The third-order valence-electron chi connectivity index (χ3n) is 6.69. The Labute approximate surface area is 171 Å². The second-order valence-electron chi connectivity index (χ2n) is 8.26. The van der Waals surface area contributed by atoms with Gasteiger partial charge in [0.15, 0.2) is 17.5 Å². The van der Waals surface area contributed by atoms with Gasteiger partial charge in [-0.15, -0.1) is 0 Å². The molecule has 0 spiro atoms. The number of fused-ring (bicyclic) bond motifs is 4. The number of aromatic nitrogens is 4. The number of aryl methyl sites for hydroxylation is 1. The monoisotopic (exact) mass is 413 g/mol. The normalized spacial score (nSPS) is 25.6. The average Bonchev–Trinajstić information content (AvgIpc) is 3.18. The first-order chi connectivity index (χ1) is 14.4. The number of anilines is 1. The summed E-state index contributed by atoms with van der Waals surface area (Å²) >= 11 is 0. The minimum absolute atomic E-state index is 0.0276. The fourth-order valence-electron chi connectivity index (χ4n) is 5.18. The average molecular weight is 413 g/mol. The number of carbonyl (C=O) groups is 1. The maximum atomic E-state index is 14.6. The molecule has 9 heteroatoms. The summed E-state index contributed by atoms with van der Waals surface area (Å²) in [5.41, 5.74) is 1.40. The number of aliphatic carboxylic acids is 1. The second-order valence-corrected chi connectivity index (χ2v) is 8.26. The molecule has 3 aromatic heterocycles. The summed E-state index contributed by atoms with van der Waals surface area (Å²) in [6.07, 6.45) is 7.46. The molecule has 3 aliphatic rings. The van der Waals surface area contributed by atoms with Gasteiger partial charge in [-0.2, -0.15) is 0 Å². The van der Waals surface area contributed by atoms with Crippen molar-refractivity contribution in [2.45, 2.75) is 38.6 Å². The maximum Gasteiger partial charge on any atom is 0.308 e. The summed E-state index contributed by atoms with van der Waals surface area (Å²) in [5.74, 6) is -2.07. The van der Waals surface area contributed by atoms with Crippen molar-refractivity contribution in [1.29, 1.82) is 0 Å². The van der Waals surface area contributed by atoms with E-state index < -0.39 is 23.5 Å². The second kappa shape index (κ2) is 7.00. The van der Waals surface area contributed by atoms with Crippen LogP contribution >= 0.6 is 0 Å². The molecular formula is C21H21F2N5O2. The molecule has 2 unspecified atom stereocenters. The summed E-state index contributed by atoms with van der Waals surface area (Å²) < 4.78 is 28.6. The molecule has 156 valence electrons. The van der Waals surface area contributed by atoms with Crippen molar-refractivity contribution >= 4 is 22.8 Å². The Bertz CT molecular complexity index is 1140. The molecule has 0 aromatic carbocycles. The highest BCUT2D eigenvalue weighted by molar-refractivity contribution is 5.94. The predicted octanol–water partition coefficient (Wildman–Crippen LogP) is 3.91. The summed E-state index contributed by atoms with van der Waals surface area (Å²) in [4.78, 5) is 27.3. The van der Waals surface area contributed by atoms with E-state index in [1.54, 1.807) is 13.1 Å². The van der Waals surface area contributed by atoms with E-state index in [9.17, 15) is 18.7 Å². The largest absolute Gasteiger partial charge is 0.481 e. The van der Waals surface area contributed by atoms with Gasteiger partial charge in [-0.3, -0.25) is 4.79 Å². The van der Waals surface area contributed by atoms with Crippen molar-refractivity contribution in [2.75, 3.05) is 5.32 Å². The Balaban J connectivity index is 1.54. The molecule has 7 nitrogen and oxygen atoms in total. The summed E-state index contributed by atoms with van der Waals surface area (Å²) in [5, 5.41) is 13.4. The lowest BCUT2D eigenvalue weighted by Gasteiger charge is -2.47. The Hall–Kier alpha value is -3.10. The van der Waals surface area contributed by atoms with Crippen LogP contribution < -0.4 is 5.32 Å². The summed E-state index contributed by atoms with van der Waals surface area (Å²) in [6.45, 7) is 1.63. The molecule has 2 atom stereocenters. The van der Waals surface area contributed by atoms with E-state index in [1.165, 1.54) is 0 Å². The fraction of sp³-hybridized carbons (Fsp3) is 0.429. The number of nitrogens with zero attached hydrogens (tertiary/aromatic N) is 3. The maximum absolute atomic E-state index is 14.6. The number of hydrogen-bond donors (Lipinski definition) is 3. The zero-order valence-corrected chi connectivity index (χ0v) is 16.3. The Kier molecular flexibility index (Phi) is 4.41. The van der Waals surface area contributed by atoms with E-state index in [1.807, 2.05) is 0 Å². The number of halogens is 2. The molecule has 3 aliphatic carbocycles. The van der Waals surface area contributed by atoms with Gasteiger partial charge in [0.1, 0.15) is 11.5 Å². The van der Waals surface area contributed by atoms with E-state index >= 15 is 0 Å². The van der Waals surface area contributed by atoms with E-state index in [2.05, 4.69) is 25.3 Å². The molecule has 3 aromatic rings. The van der Waals surface area contributed by atoms with Crippen molar-refractivity contribution in [3.8, 4) is 11.4 Å². The minimum Gasteiger partial charge on any atom is -0.481 e. The van der Waals surface area contributed by atoms with Crippen LogP contribution in [0, 0.1) is 36.3 Å². The minimum atomic E-state index is -0.856. The van der Waals surface area contributed by atoms with Crippen LogP contribution in [0.5, 0.6) is 0 Å². The number of carboxylic acids is 1. The summed E-state index contributed by atoms with van der Waals surface area (Å²) in [7, 11) is 0. The lowest BCUT2D eigenvalue weighted by atomic mass is 9.61. The molecule has 6 rings (SSSR count). The van der Waals surface area contributed by atoms with Crippen molar-refractivity contribution in [3.05, 3.63) is 35.8 Å². The number of pyridine rings is 1. The smallest absolute Gasteiger partial charge is 0.308 e. The molecule has 3 fully saturated rings. The number of carboxylic acid groups (broad SMARTS) is 1. The predicted molar refractivity (Wildman–Crippen MR) is 106 cm³/mol. The zero-order chi connectivity index (χ0) is 21.0. The lowest BCUT2D eigenvalue weighted by molar-refractivity contribution is -0.148. The molecule has 30 heavy (non-hydrogen) atoms. The Morgan fingerprint density at radius 3 is 2.57 bits per heavy atom. The molecule has 3 saturated carbocycles. The molecule has 0 radical (unpaired) electrons. The lowest BCUT2D eigenvalue weighted by Crippen LogP contribution is -2.51. The molecule has 3 N–H and O–H groups in total. The highest BCUT2D eigenvalue weighted by Crippen LogP contribution is 2.46. The topological polar surface area (TPSA) is 104 Å². The number of H-pyrrole nitrogens is 1. The highest BCUT2D eigenvalue weighted by Gasteiger charge is 2.47. The standard InChI is InChI=1S/C21H21F2N5O2/c1-9-13(22)7-26-20-15(9)12(6-24-20)18-25-8-14(23)19(28-18)27-17-11-4-2-10(3-5-11)16(17)21(29)30/h6-8,10-11,16-17H,2-5H2,1H3,(H,24,26)(H,29,30)(H,25,27,28). The molecule has 3 heterocycles. The van der Waals surface area contributed by atoms with Gasteiger partial charge in [0.25, 0.3) is 0 Å². The molecule has 0 aliphatic heterocycles. The quantitative estimate of drug-likeness (QED) is 0.599. The van der Waals surface area contributed by atoms with Crippen molar-refractivity contribution in [3.63, 3.8) is 0 Å². The van der Waals surface area contributed by atoms with Crippen LogP contribution in [-0.4, -0.2) is 37.1 Å². The molecular weight excluding hydrogens is 392 g/mol. The van der Waals surface area contributed by atoms with Crippen LogP contribution in [-0.2, 0) is 4.79 Å². The first-order valence-electron chi connectivity index (χ1n) is 10.1. The van der Waals surface area contributed by atoms with Crippen molar-refractivity contribution < 1.29 is 18.7 Å². The SMILES string of the molecule is Cc1c(F)cnc2[nH]cc(-c3ncc(F)c(NC4C5CCC(CC5)C4C(=O)O)n3)c12. The Morgan fingerprint density at radius 1 is 1.13 bits per heavy atom. The van der Waals surface area contributed by atoms with Gasteiger partial charge >= 0.3 is 5.97 Å². The van der Waals surface area contributed by atoms with Gasteiger partial charge in [-0.25, -0.2) is 23.7 Å². The number of aromatic amines is 1.